The van der Waals surface area contributed by atoms with E-state index in [4.69, 9.17) is 4.74 Å². The molecule has 0 bridgehead atoms. The second kappa shape index (κ2) is 4.67. The lowest BCUT2D eigenvalue weighted by Gasteiger charge is -2.16. The van der Waals surface area contributed by atoms with Gasteiger partial charge in [0.25, 0.3) is 0 Å². The van der Waals surface area contributed by atoms with Gasteiger partial charge in [0, 0.05) is 0 Å². The van der Waals surface area contributed by atoms with E-state index in [1.807, 2.05) is 60.2 Å². The zero-order chi connectivity index (χ0) is 13.3. The molecular weight excluding hydrogens is 256 g/mol. The summed E-state index contributed by atoms with van der Waals surface area (Å²) in [5.74, 6) is -0.174. The highest BCUT2D eigenvalue weighted by molar-refractivity contribution is 7.08. The van der Waals surface area contributed by atoms with E-state index in [-0.39, 0.29) is 5.97 Å². The first-order valence-electron chi connectivity index (χ1n) is 6.27. The van der Waals surface area contributed by atoms with Crippen LogP contribution in [0.2, 0.25) is 0 Å². The number of hydrogen-bond donors (Lipinski definition) is 0. The van der Waals surface area contributed by atoms with Crippen molar-refractivity contribution in [2.45, 2.75) is 12.3 Å². The maximum Gasteiger partial charge on any atom is 0.325 e. The van der Waals surface area contributed by atoms with Crippen molar-refractivity contribution >= 4 is 22.9 Å². The van der Waals surface area contributed by atoms with Crippen molar-refractivity contribution in [2.24, 2.45) is 0 Å². The Morgan fingerprint density at radius 2 is 2.05 bits per heavy atom. The zero-order valence-corrected chi connectivity index (χ0v) is 11.4. The Labute approximate surface area is 116 Å². The van der Waals surface area contributed by atoms with Crippen molar-refractivity contribution in [1.82, 2.24) is 0 Å². The number of esters is 1. The molecule has 0 amide bonds. The molecule has 1 heterocycles. The van der Waals surface area contributed by atoms with Gasteiger partial charge in [-0.05, 0) is 40.5 Å². The maximum absolute atomic E-state index is 12.3. The van der Waals surface area contributed by atoms with Crippen LogP contribution in [0.4, 0.5) is 0 Å². The predicted octanol–water partition coefficient (Wildman–Crippen LogP) is 3.65. The van der Waals surface area contributed by atoms with Crippen LogP contribution in [0.1, 0.15) is 18.1 Å². The summed E-state index contributed by atoms with van der Waals surface area (Å²) in [4.78, 5) is 12.3. The number of carbonyl (C=O) groups excluding carboxylic acids is 1. The Kier molecular flexibility index (Phi) is 2.99. The summed E-state index contributed by atoms with van der Waals surface area (Å²) < 4.78 is 5.26. The third kappa shape index (κ3) is 1.90. The predicted molar refractivity (Wildman–Crippen MR) is 77.0 cm³/mol. The fourth-order valence-corrected chi connectivity index (χ4v) is 3.08. The zero-order valence-electron chi connectivity index (χ0n) is 10.6. The lowest BCUT2D eigenvalue weighted by molar-refractivity contribution is -0.145. The number of benzene rings is 1. The van der Waals surface area contributed by atoms with Crippen molar-refractivity contribution in [1.29, 1.82) is 0 Å². The summed E-state index contributed by atoms with van der Waals surface area (Å²) in [6.45, 7) is 2.24. The minimum Gasteiger partial charge on any atom is -0.465 e. The Morgan fingerprint density at radius 3 is 2.68 bits per heavy atom. The van der Waals surface area contributed by atoms with Crippen molar-refractivity contribution in [3.8, 4) is 0 Å². The molecule has 0 unspecified atom stereocenters. The van der Waals surface area contributed by atoms with Gasteiger partial charge in [-0.2, -0.15) is 11.3 Å². The second-order valence-corrected chi connectivity index (χ2v) is 5.24. The number of carbonyl (C=O) groups is 1. The van der Waals surface area contributed by atoms with Gasteiger partial charge in [0.2, 0.25) is 0 Å². The van der Waals surface area contributed by atoms with Crippen LogP contribution in [-0.4, -0.2) is 12.6 Å². The highest BCUT2D eigenvalue weighted by Crippen LogP contribution is 2.54. The molecule has 96 valence electrons. The van der Waals surface area contributed by atoms with Gasteiger partial charge in [-0.25, -0.2) is 0 Å². The molecule has 0 aliphatic heterocycles. The van der Waals surface area contributed by atoms with Gasteiger partial charge in [-0.3, -0.25) is 4.79 Å². The van der Waals surface area contributed by atoms with Gasteiger partial charge < -0.3 is 4.74 Å². The summed E-state index contributed by atoms with van der Waals surface area (Å²) in [5, 5.41) is 4.01. The molecule has 0 saturated heterocycles. The van der Waals surface area contributed by atoms with Crippen molar-refractivity contribution in [3.05, 3.63) is 64.4 Å². The maximum atomic E-state index is 12.3. The highest BCUT2D eigenvalue weighted by Gasteiger charge is 2.54. The third-order valence-corrected chi connectivity index (χ3v) is 4.04. The number of ether oxygens (including phenoxy) is 1. The molecule has 1 aromatic heterocycles. The first-order valence-corrected chi connectivity index (χ1v) is 7.22. The minimum absolute atomic E-state index is 0.174. The van der Waals surface area contributed by atoms with E-state index >= 15 is 0 Å². The van der Waals surface area contributed by atoms with Crippen LogP contribution in [0.3, 0.4) is 0 Å². The van der Waals surface area contributed by atoms with Crippen LogP contribution in [0, 0.1) is 0 Å². The molecule has 19 heavy (non-hydrogen) atoms. The van der Waals surface area contributed by atoms with Crippen LogP contribution < -0.4 is 0 Å². The molecular formula is C16H14O2S. The largest absolute Gasteiger partial charge is 0.465 e. The molecule has 0 fully saturated rings. The summed E-state index contributed by atoms with van der Waals surface area (Å²) in [6.07, 6.45) is 2.00. The Balaban J connectivity index is 1.97. The summed E-state index contributed by atoms with van der Waals surface area (Å²) >= 11 is 1.60. The molecule has 1 aliphatic carbocycles. The number of hydrogen-bond acceptors (Lipinski definition) is 3. The fraction of sp³-hybridized carbons (Fsp3) is 0.188. The van der Waals surface area contributed by atoms with Gasteiger partial charge in [-0.15, -0.1) is 0 Å². The van der Waals surface area contributed by atoms with Gasteiger partial charge in [0.1, 0.15) is 5.41 Å². The lowest BCUT2D eigenvalue weighted by atomic mass is 9.90. The van der Waals surface area contributed by atoms with Crippen molar-refractivity contribution < 1.29 is 9.53 Å². The summed E-state index contributed by atoms with van der Waals surface area (Å²) in [6, 6.07) is 12.0. The quantitative estimate of drug-likeness (QED) is 0.793. The van der Waals surface area contributed by atoms with Crippen molar-refractivity contribution in [3.63, 3.8) is 0 Å². The Bertz CT molecular complexity index is 613. The van der Waals surface area contributed by atoms with E-state index in [1.165, 1.54) is 0 Å². The molecule has 3 heteroatoms. The van der Waals surface area contributed by atoms with Crippen LogP contribution in [0.15, 0.2) is 53.2 Å². The Hall–Kier alpha value is -1.87. The Morgan fingerprint density at radius 1 is 1.26 bits per heavy atom. The normalized spacial score (nSPS) is 20.8. The molecule has 1 atom stereocenters. The topological polar surface area (TPSA) is 26.3 Å². The molecule has 0 saturated carbocycles. The fourth-order valence-electron chi connectivity index (χ4n) is 2.37. The van der Waals surface area contributed by atoms with Crippen molar-refractivity contribution in [2.75, 3.05) is 6.61 Å². The molecule has 2 nitrogen and oxygen atoms in total. The van der Waals surface area contributed by atoms with Crippen LogP contribution >= 0.6 is 11.3 Å². The van der Waals surface area contributed by atoms with Gasteiger partial charge in [0.05, 0.1) is 6.61 Å². The smallest absolute Gasteiger partial charge is 0.325 e. The average Bonchev–Trinajstić information content (AvgIpc) is 2.97. The first-order chi connectivity index (χ1) is 9.29. The highest BCUT2D eigenvalue weighted by atomic mass is 32.1. The molecule has 1 aromatic carbocycles. The average molecular weight is 270 g/mol. The molecule has 0 radical (unpaired) electrons. The van der Waals surface area contributed by atoms with E-state index in [1.54, 1.807) is 11.3 Å². The lowest BCUT2D eigenvalue weighted by Crippen LogP contribution is -2.26. The SMILES string of the molecule is CCOC(=O)[C@]1(c2ccsc2)C=C1c1ccccc1. The van der Waals surface area contributed by atoms with E-state index < -0.39 is 5.41 Å². The third-order valence-electron chi connectivity index (χ3n) is 3.36. The van der Waals surface area contributed by atoms with Crippen LogP contribution in [0.5, 0.6) is 0 Å². The van der Waals surface area contributed by atoms with E-state index in [2.05, 4.69) is 0 Å². The minimum atomic E-state index is -0.655. The standard InChI is InChI=1S/C16H14O2S/c1-2-18-15(17)16(13-8-9-19-11-13)10-14(16)12-6-4-3-5-7-12/h3-11H,2H2,1H3/t16-/m0/s1. The van der Waals surface area contributed by atoms with E-state index in [0.717, 1.165) is 16.7 Å². The van der Waals surface area contributed by atoms with Gasteiger partial charge in [-0.1, -0.05) is 36.4 Å². The van der Waals surface area contributed by atoms with Crippen LogP contribution in [-0.2, 0) is 14.9 Å². The van der Waals surface area contributed by atoms with E-state index in [0.29, 0.717) is 6.61 Å². The number of thiophene rings is 1. The molecule has 0 spiro atoms. The number of rotatable bonds is 4. The van der Waals surface area contributed by atoms with Gasteiger partial charge in [0.15, 0.2) is 0 Å². The summed E-state index contributed by atoms with van der Waals surface area (Å²) in [7, 11) is 0. The van der Waals surface area contributed by atoms with Gasteiger partial charge >= 0.3 is 5.97 Å². The molecule has 0 N–H and O–H groups in total. The monoisotopic (exact) mass is 270 g/mol. The molecule has 1 aliphatic rings. The molecule has 2 aromatic rings. The van der Waals surface area contributed by atoms with E-state index in [9.17, 15) is 4.79 Å². The van der Waals surface area contributed by atoms with Crippen LogP contribution in [0.25, 0.3) is 5.57 Å². The first kappa shape index (κ1) is 12.2. The second-order valence-electron chi connectivity index (χ2n) is 4.46. The molecule has 3 rings (SSSR count). The summed E-state index contributed by atoms with van der Waals surface area (Å²) in [5.41, 5.74) is 2.48.